The zero-order valence-electron chi connectivity index (χ0n) is 18.0. The molecule has 1 atom stereocenters. The Morgan fingerprint density at radius 2 is 1.85 bits per heavy atom. The molecule has 0 N–H and O–H groups in total. The summed E-state index contributed by atoms with van der Waals surface area (Å²) in [4.78, 5) is 5.56. The first kappa shape index (κ1) is 23.0. The van der Waals surface area contributed by atoms with Crippen molar-refractivity contribution in [2.45, 2.75) is 25.6 Å². The Morgan fingerprint density at radius 1 is 1.09 bits per heavy atom. The summed E-state index contributed by atoms with van der Waals surface area (Å²) in [5.41, 5.74) is -0.289. The summed E-state index contributed by atoms with van der Waals surface area (Å²) in [5, 5.41) is 0. The SMILES string of the molecule is COc1cccc([C@H]2OCC3=NCC(C)=C(C(F)F)N3c3ccc(C(F)(F)F)cc32)c1OC. The number of hydrogen-bond donors (Lipinski definition) is 0. The van der Waals surface area contributed by atoms with Crippen LogP contribution in [0.1, 0.15) is 29.7 Å². The standard InChI is InChI=1S/C23H21F5N2O3/c1-12-10-29-18-11-33-20(14-5-4-6-17(31-2)21(14)32-3)15-9-13(23(26,27)28)7-8-16(15)30(18)19(12)22(24)25/h4-9,20,22H,10-11H2,1-3H3/t20-/m1/s1. The maximum Gasteiger partial charge on any atom is 0.416 e. The Kier molecular flexibility index (Phi) is 6.04. The zero-order chi connectivity index (χ0) is 23.9. The number of benzene rings is 2. The van der Waals surface area contributed by atoms with Crippen LogP contribution in [0.25, 0.3) is 0 Å². The van der Waals surface area contributed by atoms with Gasteiger partial charge in [-0.3, -0.25) is 9.89 Å². The first-order chi connectivity index (χ1) is 15.7. The molecule has 0 bridgehead atoms. The topological polar surface area (TPSA) is 43.3 Å². The minimum absolute atomic E-state index is 0.0536. The molecule has 2 heterocycles. The number of nitrogens with zero attached hydrogens (tertiary/aromatic N) is 2. The Morgan fingerprint density at radius 3 is 2.48 bits per heavy atom. The van der Waals surface area contributed by atoms with E-state index in [0.29, 0.717) is 16.9 Å². The van der Waals surface area contributed by atoms with Crippen LogP contribution in [0.5, 0.6) is 11.5 Å². The third-order valence-electron chi connectivity index (χ3n) is 5.61. The maximum atomic E-state index is 14.1. The first-order valence-corrected chi connectivity index (χ1v) is 10.0. The number of alkyl halides is 5. The molecule has 0 amide bonds. The van der Waals surface area contributed by atoms with Gasteiger partial charge in [0.1, 0.15) is 18.5 Å². The van der Waals surface area contributed by atoms with Crippen LogP contribution in [0, 0.1) is 0 Å². The average molecular weight is 468 g/mol. The number of para-hydroxylation sites is 1. The summed E-state index contributed by atoms with van der Waals surface area (Å²) in [6, 6.07) is 7.90. The summed E-state index contributed by atoms with van der Waals surface area (Å²) in [7, 11) is 2.84. The largest absolute Gasteiger partial charge is 0.493 e. The molecule has 0 saturated carbocycles. The molecule has 0 spiro atoms. The molecule has 2 aliphatic rings. The zero-order valence-corrected chi connectivity index (χ0v) is 18.0. The quantitative estimate of drug-likeness (QED) is 0.548. The molecule has 0 radical (unpaired) electrons. The molecule has 0 aliphatic carbocycles. The summed E-state index contributed by atoms with van der Waals surface area (Å²) >= 11 is 0. The third kappa shape index (κ3) is 4.03. The highest BCUT2D eigenvalue weighted by Crippen LogP contribution is 2.46. The van der Waals surface area contributed by atoms with Crippen LogP contribution < -0.4 is 14.4 Å². The Bertz CT molecular complexity index is 1130. The number of allylic oxidation sites excluding steroid dienone is 1. The van der Waals surface area contributed by atoms with Crippen molar-refractivity contribution in [1.29, 1.82) is 0 Å². The van der Waals surface area contributed by atoms with Crippen LogP contribution in [-0.2, 0) is 10.9 Å². The van der Waals surface area contributed by atoms with Gasteiger partial charge in [-0.05, 0) is 36.8 Å². The molecule has 2 aromatic rings. The van der Waals surface area contributed by atoms with E-state index in [4.69, 9.17) is 14.2 Å². The number of fused-ring (bicyclic) bond motifs is 3. The highest BCUT2D eigenvalue weighted by Gasteiger charge is 2.39. The van der Waals surface area contributed by atoms with Crippen LogP contribution in [0.3, 0.4) is 0 Å². The van der Waals surface area contributed by atoms with Gasteiger partial charge >= 0.3 is 6.18 Å². The van der Waals surface area contributed by atoms with Gasteiger partial charge in [-0.1, -0.05) is 12.1 Å². The van der Waals surface area contributed by atoms with Gasteiger partial charge in [-0.25, -0.2) is 8.78 Å². The number of rotatable bonds is 4. The molecule has 33 heavy (non-hydrogen) atoms. The number of amidine groups is 1. The normalized spacial score (nSPS) is 18.5. The number of methoxy groups -OCH3 is 2. The molecule has 10 heteroatoms. The highest BCUT2D eigenvalue weighted by molar-refractivity contribution is 6.04. The molecule has 0 unspecified atom stereocenters. The van der Waals surface area contributed by atoms with Gasteiger partial charge in [0, 0.05) is 11.1 Å². The fourth-order valence-corrected chi connectivity index (χ4v) is 4.12. The molecule has 0 saturated heterocycles. The average Bonchev–Trinajstić information content (AvgIpc) is 2.94. The van der Waals surface area contributed by atoms with Gasteiger partial charge in [0.15, 0.2) is 11.5 Å². The van der Waals surface area contributed by atoms with E-state index in [-0.39, 0.29) is 41.7 Å². The Balaban J connectivity index is 1.99. The van der Waals surface area contributed by atoms with Crippen molar-refractivity contribution in [3.05, 3.63) is 64.4 Å². The van der Waals surface area contributed by atoms with Crippen molar-refractivity contribution < 1.29 is 36.2 Å². The van der Waals surface area contributed by atoms with E-state index in [1.807, 2.05) is 0 Å². The van der Waals surface area contributed by atoms with Crippen LogP contribution in [-0.4, -0.2) is 39.6 Å². The third-order valence-corrected chi connectivity index (χ3v) is 5.61. The van der Waals surface area contributed by atoms with Gasteiger partial charge in [0.2, 0.25) is 0 Å². The Labute approximate surface area is 187 Å². The summed E-state index contributed by atoms with van der Waals surface area (Å²) in [5.74, 6) is 0.827. The van der Waals surface area contributed by atoms with E-state index >= 15 is 0 Å². The first-order valence-electron chi connectivity index (χ1n) is 10.0. The smallest absolute Gasteiger partial charge is 0.416 e. The lowest BCUT2D eigenvalue weighted by Gasteiger charge is -2.32. The molecule has 0 fully saturated rings. The lowest BCUT2D eigenvalue weighted by Crippen LogP contribution is -2.39. The second-order valence-corrected chi connectivity index (χ2v) is 7.58. The summed E-state index contributed by atoms with van der Waals surface area (Å²) < 4.78 is 85.7. The van der Waals surface area contributed by atoms with Crippen LogP contribution >= 0.6 is 0 Å². The summed E-state index contributed by atoms with van der Waals surface area (Å²) in [6.07, 6.45) is -8.55. The molecule has 4 rings (SSSR count). The molecule has 176 valence electrons. The van der Waals surface area contributed by atoms with Crippen LogP contribution in [0.15, 0.2) is 52.7 Å². The van der Waals surface area contributed by atoms with E-state index < -0.39 is 24.3 Å². The number of ether oxygens (including phenoxy) is 3. The van der Waals surface area contributed by atoms with E-state index in [1.165, 1.54) is 32.1 Å². The van der Waals surface area contributed by atoms with Crippen molar-refractivity contribution in [3.63, 3.8) is 0 Å². The maximum absolute atomic E-state index is 14.1. The Hall–Kier alpha value is -3.14. The monoisotopic (exact) mass is 468 g/mol. The number of hydrogen-bond acceptors (Lipinski definition) is 5. The minimum atomic E-state index is -4.64. The predicted octanol–water partition coefficient (Wildman–Crippen LogP) is 5.60. The van der Waals surface area contributed by atoms with E-state index in [0.717, 1.165) is 12.1 Å². The molecule has 2 aromatic carbocycles. The molecular weight excluding hydrogens is 447 g/mol. The summed E-state index contributed by atoms with van der Waals surface area (Å²) in [6.45, 7) is 1.39. The van der Waals surface area contributed by atoms with Crippen LogP contribution in [0.4, 0.5) is 27.6 Å². The molecule has 5 nitrogen and oxygen atoms in total. The van der Waals surface area contributed by atoms with Gasteiger partial charge < -0.3 is 14.2 Å². The number of aliphatic imine (C=N–C) groups is 1. The number of halogens is 5. The molecule has 2 aliphatic heterocycles. The van der Waals surface area contributed by atoms with Gasteiger partial charge in [0.25, 0.3) is 6.43 Å². The molecule has 0 aromatic heterocycles. The lowest BCUT2D eigenvalue weighted by molar-refractivity contribution is -0.137. The van der Waals surface area contributed by atoms with Gasteiger partial charge in [-0.2, -0.15) is 13.2 Å². The predicted molar refractivity (Wildman–Crippen MR) is 112 cm³/mol. The van der Waals surface area contributed by atoms with Crippen molar-refractivity contribution >= 4 is 11.5 Å². The van der Waals surface area contributed by atoms with Crippen molar-refractivity contribution in [2.24, 2.45) is 4.99 Å². The minimum Gasteiger partial charge on any atom is -0.493 e. The lowest BCUT2D eigenvalue weighted by atomic mass is 9.95. The fraction of sp³-hybridized carbons (Fsp3) is 0.348. The fourth-order valence-electron chi connectivity index (χ4n) is 4.12. The van der Waals surface area contributed by atoms with Crippen molar-refractivity contribution in [1.82, 2.24) is 0 Å². The van der Waals surface area contributed by atoms with Gasteiger partial charge in [-0.15, -0.1) is 0 Å². The number of anilines is 1. The second-order valence-electron chi connectivity index (χ2n) is 7.58. The van der Waals surface area contributed by atoms with Crippen LogP contribution in [0.2, 0.25) is 0 Å². The van der Waals surface area contributed by atoms with Crippen molar-refractivity contribution in [2.75, 3.05) is 32.3 Å². The second kappa shape index (κ2) is 8.66. The van der Waals surface area contributed by atoms with E-state index in [1.54, 1.807) is 18.2 Å². The molecular formula is C23H21F5N2O3. The van der Waals surface area contributed by atoms with Gasteiger partial charge in [0.05, 0.1) is 37.7 Å². The van der Waals surface area contributed by atoms with Crippen molar-refractivity contribution in [3.8, 4) is 11.5 Å². The van der Waals surface area contributed by atoms with E-state index in [9.17, 15) is 22.0 Å². The highest BCUT2D eigenvalue weighted by atomic mass is 19.4. The van der Waals surface area contributed by atoms with E-state index in [2.05, 4.69) is 4.99 Å².